The van der Waals surface area contributed by atoms with Crippen molar-refractivity contribution in [3.05, 3.63) is 71.9 Å². The van der Waals surface area contributed by atoms with Crippen LogP contribution in [0.1, 0.15) is 11.1 Å². The predicted octanol–water partition coefficient (Wildman–Crippen LogP) is 4.16. The molecule has 0 aliphatic carbocycles. The van der Waals surface area contributed by atoms with Gasteiger partial charge >= 0.3 is 0 Å². The van der Waals surface area contributed by atoms with Gasteiger partial charge in [0.05, 0.1) is 0 Å². The van der Waals surface area contributed by atoms with E-state index in [1.165, 1.54) is 21.9 Å². The molecular weight excluding hydrogens is 232 g/mol. The average molecular weight is 248 g/mol. The minimum absolute atomic E-state index is 0.793. The van der Waals surface area contributed by atoms with E-state index < -0.39 is 0 Å². The molecule has 0 bridgehead atoms. The Balaban J connectivity index is 1.91. The van der Waals surface area contributed by atoms with Crippen molar-refractivity contribution < 1.29 is 0 Å². The Morgan fingerprint density at radius 2 is 1.74 bits per heavy atom. The Kier molecular flexibility index (Phi) is 3.15. The Hall–Kier alpha value is -2.35. The number of benzene rings is 2. The molecule has 2 aromatic carbocycles. The summed E-state index contributed by atoms with van der Waals surface area (Å²) in [7, 11) is 0. The van der Waals surface area contributed by atoms with Crippen LogP contribution in [0.15, 0.2) is 60.8 Å². The highest BCUT2D eigenvalue weighted by Gasteiger charge is 2.03. The topological polar surface area (TPSA) is 24.9 Å². The number of aromatic nitrogens is 1. The van der Waals surface area contributed by atoms with Crippen molar-refractivity contribution >= 4 is 16.6 Å². The molecule has 0 spiro atoms. The molecule has 0 aliphatic heterocycles. The third-order valence-corrected chi connectivity index (χ3v) is 3.33. The van der Waals surface area contributed by atoms with Crippen LogP contribution in [0.3, 0.4) is 0 Å². The average Bonchev–Trinajstić information content (AvgIpc) is 2.47. The minimum atomic E-state index is 0.793. The lowest BCUT2D eigenvalue weighted by atomic mass is 10.1. The highest BCUT2D eigenvalue weighted by atomic mass is 15.0. The molecule has 2 heteroatoms. The van der Waals surface area contributed by atoms with Crippen LogP contribution >= 0.6 is 0 Å². The molecule has 0 amide bonds. The SMILES string of the molecule is Cc1cccc2c(NCc3ccccc3)nccc12. The second-order valence-corrected chi connectivity index (χ2v) is 4.67. The molecule has 19 heavy (non-hydrogen) atoms. The van der Waals surface area contributed by atoms with Gasteiger partial charge in [-0.15, -0.1) is 0 Å². The van der Waals surface area contributed by atoms with E-state index in [4.69, 9.17) is 0 Å². The van der Waals surface area contributed by atoms with E-state index in [9.17, 15) is 0 Å². The second-order valence-electron chi connectivity index (χ2n) is 4.67. The summed E-state index contributed by atoms with van der Waals surface area (Å²) in [6, 6.07) is 18.8. The monoisotopic (exact) mass is 248 g/mol. The molecule has 1 aromatic heterocycles. The minimum Gasteiger partial charge on any atom is -0.365 e. The number of nitrogens with zero attached hydrogens (tertiary/aromatic N) is 1. The first-order chi connectivity index (χ1) is 9.34. The van der Waals surface area contributed by atoms with Crippen LogP contribution in [-0.4, -0.2) is 4.98 Å². The molecule has 0 saturated heterocycles. The third-order valence-electron chi connectivity index (χ3n) is 3.33. The Labute approximate surface area is 113 Å². The summed E-state index contributed by atoms with van der Waals surface area (Å²) in [5.41, 5.74) is 2.54. The molecule has 3 rings (SSSR count). The van der Waals surface area contributed by atoms with Gasteiger partial charge in [0, 0.05) is 18.1 Å². The van der Waals surface area contributed by atoms with Gasteiger partial charge in [0.1, 0.15) is 5.82 Å². The molecule has 94 valence electrons. The van der Waals surface area contributed by atoms with Gasteiger partial charge in [-0.3, -0.25) is 0 Å². The van der Waals surface area contributed by atoms with Gasteiger partial charge in [0.2, 0.25) is 0 Å². The summed E-state index contributed by atoms with van der Waals surface area (Å²) in [6.07, 6.45) is 1.86. The maximum atomic E-state index is 4.45. The molecule has 3 aromatic rings. The van der Waals surface area contributed by atoms with Gasteiger partial charge in [-0.05, 0) is 29.5 Å². The predicted molar refractivity (Wildman–Crippen MR) is 80.2 cm³/mol. The van der Waals surface area contributed by atoms with Gasteiger partial charge in [0.25, 0.3) is 0 Å². The van der Waals surface area contributed by atoms with Crippen LogP contribution < -0.4 is 5.32 Å². The van der Waals surface area contributed by atoms with Gasteiger partial charge in [-0.25, -0.2) is 4.98 Å². The molecule has 0 fully saturated rings. The fourth-order valence-electron chi connectivity index (χ4n) is 2.29. The Bertz CT molecular complexity index is 690. The van der Waals surface area contributed by atoms with E-state index in [-0.39, 0.29) is 0 Å². The standard InChI is InChI=1S/C17H16N2/c1-13-6-5-9-16-15(13)10-11-18-17(16)19-12-14-7-3-2-4-8-14/h2-11H,12H2,1H3,(H,18,19). The van der Waals surface area contributed by atoms with Crippen molar-refractivity contribution in [1.82, 2.24) is 4.98 Å². The van der Waals surface area contributed by atoms with Crippen molar-refractivity contribution in [1.29, 1.82) is 0 Å². The van der Waals surface area contributed by atoms with Crippen LogP contribution in [0.25, 0.3) is 10.8 Å². The normalized spacial score (nSPS) is 10.6. The van der Waals surface area contributed by atoms with Gasteiger partial charge in [-0.2, -0.15) is 0 Å². The van der Waals surface area contributed by atoms with E-state index in [2.05, 4.69) is 65.8 Å². The number of fused-ring (bicyclic) bond motifs is 1. The smallest absolute Gasteiger partial charge is 0.134 e. The van der Waals surface area contributed by atoms with Gasteiger partial charge in [-0.1, -0.05) is 48.5 Å². The van der Waals surface area contributed by atoms with Gasteiger partial charge < -0.3 is 5.32 Å². The van der Waals surface area contributed by atoms with Crippen LogP contribution in [0.4, 0.5) is 5.82 Å². The van der Waals surface area contributed by atoms with Gasteiger partial charge in [0.15, 0.2) is 0 Å². The van der Waals surface area contributed by atoms with Crippen LogP contribution in [0.5, 0.6) is 0 Å². The summed E-state index contributed by atoms with van der Waals surface area (Å²) >= 11 is 0. The first-order valence-electron chi connectivity index (χ1n) is 6.47. The second kappa shape index (κ2) is 5.11. The highest BCUT2D eigenvalue weighted by Crippen LogP contribution is 2.23. The van der Waals surface area contributed by atoms with E-state index in [1.54, 1.807) is 0 Å². The van der Waals surface area contributed by atoms with Crippen LogP contribution in [-0.2, 0) is 6.54 Å². The molecule has 0 unspecified atom stereocenters. The fraction of sp³-hybridized carbons (Fsp3) is 0.118. The number of hydrogen-bond donors (Lipinski definition) is 1. The number of pyridine rings is 1. The summed E-state index contributed by atoms with van der Waals surface area (Å²) in [4.78, 5) is 4.45. The van der Waals surface area contributed by atoms with E-state index in [1.807, 2.05) is 12.3 Å². The van der Waals surface area contributed by atoms with E-state index >= 15 is 0 Å². The molecular formula is C17H16N2. The molecule has 0 saturated carbocycles. The summed E-state index contributed by atoms with van der Waals surface area (Å²) < 4.78 is 0. The third kappa shape index (κ3) is 2.43. The zero-order valence-corrected chi connectivity index (χ0v) is 10.9. The molecule has 0 radical (unpaired) electrons. The van der Waals surface area contributed by atoms with Crippen LogP contribution in [0, 0.1) is 6.92 Å². The van der Waals surface area contributed by atoms with E-state index in [0.717, 1.165) is 12.4 Å². The molecule has 1 heterocycles. The summed E-state index contributed by atoms with van der Waals surface area (Å²) in [5.74, 6) is 0.949. The fourth-order valence-corrected chi connectivity index (χ4v) is 2.29. The van der Waals surface area contributed by atoms with Crippen molar-refractivity contribution in [2.24, 2.45) is 0 Å². The quantitative estimate of drug-likeness (QED) is 0.753. The maximum absolute atomic E-state index is 4.45. The maximum Gasteiger partial charge on any atom is 0.134 e. The van der Waals surface area contributed by atoms with Crippen molar-refractivity contribution in [2.75, 3.05) is 5.32 Å². The van der Waals surface area contributed by atoms with Crippen molar-refractivity contribution in [3.8, 4) is 0 Å². The lowest BCUT2D eigenvalue weighted by Crippen LogP contribution is -2.01. The lowest BCUT2D eigenvalue weighted by molar-refractivity contribution is 1.12. The number of nitrogens with one attached hydrogen (secondary N) is 1. The number of rotatable bonds is 3. The Morgan fingerprint density at radius 3 is 2.58 bits per heavy atom. The van der Waals surface area contributed by atoms with Crippen LogP contribution in [0.2, 0.25) is 0 Å². The Morgan fingerprint density at radius 1 is 0.895 bits per heavy atom. The zero-order chi connectivity index (χ0) is 13.1. The summed E-state index contributed by atoms with van der Waals surface area (Å²) in [5, 5.41) is 5.86. The highest BCUT2D eigenvalue weighted by molar-refractivity contribution is 5.93. The van der Waals surface area contributed by atoms with Crippen molar-refractivity contribution in [2.45, 2.75) is 13.5 Å². The van der Waals surface area contributed by atoms with Crippen molar-refractivity contribution in [3.63, 3.8) is 0 Å². The molecule has 1 N–H and O–H groups in total. The molecule has 0 aliphatic rings. The number of hydrogen-bond acceptors (Lipinski definition) is 2. The summed E-state index contributed by atoms with van der Waals surface area (Å²) in [6.45, 7) is 2.92. The first kappa shape index (κ1) is 11.7. The lowest BCUT2D eigenvalue weighted by Gasteiger charge is -2.10. The first-order valence-corrected chi connectivity index (χ1v) is 6.47. The van der Waals surface area contributed by atoms with E-state index in [0.29, 0.717) is 0 Å². The zero-order valence-electron chi connectivity index (χ0n) is 10.9. The molecule has 0 atom stereocenters. The number of anilines is 1. The molecule has 2 nitrogen and oxygen atoms in total. The number of aryl methyl sites for hydroxylation is 1. The largest absolute Gasteiger partial charge is 0.365 e.